The number of fused-ring (bicyclic) bond motifs is 1. The van der Waals surface area contributed by atoms with Crippen LogP contribution in [-0.2, 0) is 24.2 Å². The van der Waals surface area contributed by atoms with Crippen LogP contribution in [0.5, 0.6) is 0 Å². The molecule has 0 bridgehead atoms. The first kappa shape index (κ1) is 19.7. The van der Waals surface area contributed by atoms with Crippen LogP contribution in [0.2, 0.25) is 0 Å². The summed E-state index contributed by atoms with van der Waals surface area (Å²) in [6, 6.07) is 11.8. The number of ether oxygens (including phenoxy) is 1. The lowest BCUT2D eigenvalue weighted by atomic mass is 10.2. The van der Waals surface area contributed by atoms with Crippen LogP contribution in [0.4, 0.5) is 0 Å². The number of hydrogen-bond acceptors (Lipinski definition) is 7. The molecule has 1 amide bonds. The largest absolute Gasteiger partial charge is 0.384 e. The van der Waals surface area contributed by atoms with E-state index in [4.69, 9.17) is 9.26 Å². The number of aromatic nitrogens is 5. The van der Waals surface area contributed by atoms with Crippen molar-refractivity contribution < 1.29 is 14.1 Å². The van der Waals surface area contributed by atoms with Gasteiger partial charge in [0.1, 0.15) is 5.52 Å². The van der Waals surface area contributed by atoms with E-state index in [0.717, 1.165) is 11.2 Å². The average Bonchev–Trinajstić information content (AvgIpc) is 3.39. The Labute approximate surface area is 173 Å². The lowest BCUT2D eigenvalue weighted by Gasteiger charge is -2.14. The van der Waals surface area contributed by atoms with Crippen molar-refractivity contribution >= 4 is 17.1 Å². The van der Waals surface area contributed by atoms with E-state index >= 15 is 0 Å². The molecule has 4 rings (SSSR count). The fraction of sp³-hybridized carbons (Fsp3) is 0.286. The van der Waals surface area contributed by atoms with E-state index in [0.29, 0.717) is 42.4 Å². The van der Waals surface area contributed by atoms with Crippen LogP contribution < -0.4 is 0 Å². The van der Waals surface area contributed by atoms with Gasteiger partial charge in [-0.15, -0.1) is 0 Å². The zero-order valence-corrected chi connectivity index (χ0v) is 16.9. The molecule has 0 saturated carbocycles. The third-order valence-corrected chi connectivity index (χ3v) is 4.66. The monoisotopic (exact) mass is 406 g/mol. The normalized spacial score (nSPS) is 11.1. The Morgan fingerprint density at radius 2 is 2.07 bits per heavy atom. The number of rotatable bonds is 8. The van der Waals surface area contributed by atoms with Crippen LogP contribution in [0, 0.1) is 0 Å². The van der Waals surface area contributed by atoms with Gasteiger partial charge >= 0.3 is 0 Å². The second-order valence-corrected chi connectivity index (χ2v) is 6.93. The first-order valence-corrected chi connectivity index (χ1v) is 9.54. The third-order valence-electron chi connectivity index (χ3n) is 4.66. The van der Waals surface area contributed by atoms with E-state index in [1.54, 1.807) is 32.7 Å². The minimum absolute atomic E-state index is 0.196. The number of imidazole rings is 1. The summed E-state index contributed by atoms with van der Waals surface area (Å²) in [6.45, 7) is 1.38. The van der Waals surface area contributed by atoms with Crippen molar-refractivity contribution in [3.05, 3.63) is 71.8 Å². The summed E-state index contributed by atoms with van der Waals surface area (Å²) >= 11 is 0. The Hall–Kier alpha value is -3.59. The van der Waals surface area contributed by atoms with Crippen molar-refractivity contribution in [3.8, 4) is 0 Å². The minimum Gasteiger partial charge on any atom is -0.384 e. The topological polar surface area (TPSA) is 99.2 Å². The van der Waals surface area contributed by atoms with Gasteiger partial charge in [0.05, 0.1) is 31.6 Å². The number of hydrogen-bond donors (Lipinski definition) is 0. The summed E-state index contributed by atoms with van der Waals surface area (Å²) in [5.41, 5.74) is 3.01. The second kappa shape index (κ2) is 8.83. The fourth-order valence-corrected chi connectivity index (χ4v) is 3.11. The van der Waals surface area contributed by atoms with Gasteiger partial charge in [-0.3, -0.25) is 4.79 Å². The smallest absolute Gasteiger partial charge is 0.255 e. The lowest BCUT2D eigenvalue weighted by molar-refractivity contribution is 0.0769. The summed E-state index contributed by atoms with van der Waals surface area (Å²) in [5, 5.41) is 3.89. The van der Waals surface area contributed by atoms with E-state index in [1.165, 1.54) is 4.90 Å². The zero-order chi connectivity index (χ0) is 20.9. The van der Waals surface area contributed by atoms with Crippen molar-refractivity contribution in [2.24, 2.45) is 0 Å². The first-order chi connectivity index (χ1) is 14.6. The van der Waals surface area contributed by atoms with Gasteiger partial charge in [-0.2, -0.15) is 4.98 Å². The maximum absolute atomic E-state index is 12.8. The lowest BCUT2D eigenvalue weighted by Crippen LogP contribution is -2.26. The molecule has 3 aromatic heterocycles. The van der Waals surface area contributed by atoms with E-state index in [-0.39, 0.29) is 12.5 Å². The third kappa shape index (κ3) is 4.36. The highest BCUT2D eigenvalue weighted by Crippen LogP contribution is 2.16. The second-order valence-electron chi connectivity index (χ2n) is 6.93. The molecule has 1 aromatic carbocycles. The molecule has 0 aliphatic carbocycles. The van der Waals surface area contributed by atoms with Gasteiger partial charge in [0, 0.05) is 26.8 Å². The Bertz CT molecular complexity index is 1140. The maximum Gasteiger partial charge on any atom is 0.255 e. The molecule has 9 nitrogen and oxygen atoms in total. The van der Waals surface area contributed by atoms with Gasteiger partial charge in [0.2, 0.25) is 5.89 Å². The van der Waals surface area contributed by atoms with E-state index < -0.39 is 0 Å². The van der Waals surface area contributed by atoms with Crippen LogP contribution in [-0.4, -0.2) is 56.2 Å². The molecule has 0 spiro atoms. The van der Waals surface area contributed by atoms with Crippen molar-refractivity contribution in [2.75, 3.05) is 20.8 Å². The Morgan fingerprint density at radius 1 is 1.23 bits per heavy atom. The molecule has 0 aliphatic rings. The molecule has 4 aromatic rings. The van der Waals surface area contributed by atoms with Crippen LogP contribution in [0.25, 0.3) is 11.2 Å². The highest BCUT2D eigenvalue weighted by molar-refractivity contribution is 5.96. The fourth-order valence-electron chi connectivity index (χ4n) is 3.11. The molecule has 0 N–H and O–H groups in total. The van der Waals surface area contributed by atoms with Gasteiger partial charge in [-0.05, 0) is 11.6 Å². The van der Waals surface area contributed by atoms with E-state index in [1.807, 2.05) is 22.8 Å². The van der Waals surface area contributed by atoms with Gasteiger partial charge < -0.3 is 18.7 Å². The zero-order valence-electron chi connectivity index (χ0n) is 16.9. The molecule has 9 heteroatoms. The number of carbonyl (C=O) groups excluding carboxylic acids is 1. The summed E-state index contributed by atoms with van der Waals surface area (Å²) in [6.07, 6.45) is 3.87. The van der Waals surface area contributed by atoms with Crippen LogP contribution in [0.1, 0.15) is 27.6 Å². The van der Waals surface area contributed by atoms with E-state index in [9.17, 15) is 4.79 Å². The highest BCUT2D eigenvalue weighted by atomic mass is 16.5. The standard InChI is InChI=1S/C21H22N6O3/c1-26(13-19-24-18(25-30-19)8-9-29-2)21(28)16-10-17-20(22-11-16)27(14-23-17)12-15-6-4-3-5-7-15/h3-7,10-11,14H,8-9,12-13H2,1-2H3. The van der Waals surface area contributed by atoms with Crippen LogP contribution >= 0.6 is 0 Å². The van der Waals surface area contributed by atoms with Gasteiger partial charge in [0.15, 0.2) is 11.5 Å². The molecular formula is C21H22N6O3. The molecular weight excluding hydrogens is 384 g/mol. The number of pyridine rings is 1. The molecule has 3 heterocycles. The summed E-state index contributed by atoms with van der Waals surface area (Å²) in [5.74, 6) is 0.733. The minimum atomic E-state index is -0.196. The summed E-state index contributed by atoms with van der Waals surface area (Å²) in [7, 11) is 3.29. The van der Waals surface area contributed by atoms with Crippen molar-refractivity contribution in [1.29, 1.82) is 0 Å². The number of nitrogens with zero attached hydrogens (tertiary/aromatic N) is 6. The van der Waals surface area contributed by atoms with Gasteiger partial charge in [0.25, 0.3) is 5.91 Å². The Balaban J connectivity index is 1.46. The molecule has 0 fully saturated rings. The van der Waals surface area contributed by atoms with Crippen molar-refractivity contribution in [2.45, 2.75) is 19.5 Å². The molecule has 0 radical (unpaired) electrons. The molecule has 30 heavy (non-hydrogen) atoms. The molecule has 0 unspecified atom stereocenters. The Morgan fingerprint density at radius 3 is 2.87 bits per heavy atom. The molecule has 154 valence electrons. The number of benzene rings is 1. The number of amides is 1. The molecule has 0 atom stereocenters. The van der Waals surface area contributed by atoms with Gasteiger partial charge in [-0.25, -0.2) is 9.97 Å². The first-order valence-electron chi connectivity index (χ1n) is 9.54. The van der Waals surface area contributed by atoms with Gasteiger partial charge in [-0.1, -0.05) is 35.5 Å². The quantitative estimate of drug-likeness (QED) is 0.443. The van der Waals surface area contributed by atoms with Crippen LogP contribution in [0.15, 0.2) is 53.4 Å². The average molecular weight is 406 g/mol. The number of carbonyl (C=O) groups is 1. The van der Waals surface area contributed by atoms with Crippen molar-refractivity contribution in [3.63, 3.8) is 0 Å². The molecule has 0 saturated heterocycles. The summed E-state index contributed by atoms with van der Waals surface area (Å²) < 4.78 is 12.2. The number of methoxy groups -OCH3 is 1. The molecule has 0 aliphatic heterocycles. The maximum atomic E-state index is 12.8. The predicted octanol–water partition coefficient (Wildman–Crippen LogP) is 2.32. The highest BCUT2D eigenvalue weighted by Gasteiger charge is 2.17. The van der Waals surface area contributed by atoms with Crippen LogP contribution in [0.3, 0.4) is 0 Å². The SMILES string of the molecule is COCCc1noc(CN(C)C(=O)c2cnc3c(c2)ncn3Cc2ccccc2)n1. The predicted molar refractivity (Wildman–Crippen MR) is 109 cm³/mol. The summed E-state index contributed by atoms with van der Waals surface area (Å²) in [4.78, 5) is 27.5. The van der Waals surface area contributed by atoms with E-state index in [2.05, 4.69) is 32.2 Å². The van der Waals surface area contributed by atoms with Crippen molar-refractivity contribution in [1.82, 2.24) is 29.6 Å². The Kier molecular flexibility index (Phi) is 5.80.